The summed E-state index contributed by atoms with van der Waals surface area (Å²) in [5.74, 6) is 0.694. The molecule has 0 aliphatic heterocycles. The van der Waals surface area contributed by atoms with Gasteiger partial charge in [0.05, 0.1) is 5.69 Å². The first kappa shape index (κ1) is 35.9. The number of aromatic hydroxyl groups is 2. The van der Waals surface area contributed by atoms with Gasteiger partial charge < -0.3 is 20.0 Å². The summed E-state index contributed by atoms with van der Waals surface area (Å²) in [4.78, 5) is 4.40. The fraction of sp³-hybridized carbons (Fsp3) is 0.657. The fourth-order valence-electron chi connectivity index (χ4n) is 4.50. The van der Waals surface area contributed by atoms with Crippen molar-refractivity contribution >= 4 is 13.0 Å². The van der Waals surface area contributed by atoms with Gasteiger partial charge in [0.2, 0.25) is 0 Å². The summed E-state index contributed by atoms with van der Waals surface area (Å²) in [6, 6.07) is 8.63. The monoisotopic (exact) mass is 551 g/mol. The van der Waals surface area contributed by atoms with Gasteiger partial charge in [0.25, 0.3) is 0 Å². The van der Waals surface area contributed by atoms with Gasteiger partial charge in [-0.05, 0) is 64.6 Å². The van der Waals surface area contributed by atoms with Crippen LogP contribution in [0.3, 0.4) is 0 Å². The lowest BCUT2D eigenvalue weighted by Crippen LogP contribution is -2.32. The van der Waals surface area contributed by atoms with Crippen LogP contribution in [0.15, 0.2) is 24.3 Å². The van der Waals surface area contributed by atoms with Gasteiger partial charge >= 0.3 is 0 Å². The van der Waals surface area contributed by atoms with Gasteiger partial charge in [0.1, 0.15) is 18.8 Å². The highest BCUT2D eigenvalue weighted by molar-refractivity contribution is 6.31. The first-order valence-electron chi connectivity index (χ1n) is 14.8. The van der Waals surface area contributed by atoms with Crippen molar-refractivity contribution in [3.63, 3.8) is 0 Å². The summed E-state index contributed by atoms with van der Waals surface area (Å²) in [5, 5.41) is 23.2. The summed E-state index contributed by atoms with van der Waals surface area (Å²) in [5.41, 5.74) is 5.53. The first-order chi connectivity index (χ1) is 17.9. The molecule has 0 atom stereocenters. The van der Waals surface area contributed by atoms with Crippen molar-refractivity contribution in [2.45, 2.75) is 125 Å². The second-order valence-electron chi connectivity index (χ2n) is 15.7. The van der Waals surface area contributed by atoms with E-state index in [9.17, 15) is 10.2 Å². The minimum atomic E-state index is -0.207. The Hall–Kier alpha value is -2.14. The summed E-state index contributed by atoms with van der Waals surface area (Å²) in [7, 11) is 6.14. The molecule has 0 saturated carbocycles. The van der Waals surface area contributed by atoms with Gasteiger partial charge in [0.15, 0.2) is 0 Å². The summed E-state index contributed by atoms with van der Waals surface area (Å²) in [6.45, 7) is 32.3. The van der Waals surface area contributed by atoms with Crippen LogP contribution < -0.4 is 4.90 Å². The van der Waals surface area contributed by atoms with Crippen molar-refractivity contribution in [2.75, 3.05) is 32.1 Å². The Bertz CT molecular complexity index is 1110. The maximum atomic E-state index is 11.6. The normalized spacial score (nSPS) is 12.7. The van der Waals surface area contributed by atoms with Gasteiger partial charge in [0, 0.05) is 30.8 Å². The molecule has 2 N–H and O–H groups in total. The lowest BCUT2D eigenvalue weighted by Gasteiger charge is -2.34. The van der Waals surface area contributed by atoms with E-state index in [4.69, 9.17) is 0 Å². The number of likely N-dealkylation sites (N-methyl/N-ethyl adjacent to an activating group) is 1. The van der Waals surface area contributed by atoms with Crippen LogP contribution in [-0.2, 0) is 28.2 Å². The lowest BCUT2D eigenvalue weighted by molar-refractivity contribution is 0.405. The van der Waals surface area contributed by atoms with E-state index in [1.165, 1.54) is 11.1 Å². The molecule has 4 nitrogen and oxygen atoms in total. The number of nitrogens with zero attached hydrogens (tertiary/aromatic N) is 2. The lowest BCUT2D eigenvalue weighted by atomic mass is 9.78. The van der Waals surface area contributed by atoms with Crippen LogP contribution in [0.2, 0.25) is 13.6 Å². The predicted octanol–water partition coefficient (Wildman–Crippen LogP) is 8.64. The zero-order valence-corrected chi connectivity index (χ0v) is 28.8. The van der Waals surface area contributed by atoms with Crippen molar-refractivity contribution in [1.82, 2.24) is 4.90 Å². The molecule has 0 bridgehead atoms. The van der Waals surface area contributed by atoms with E-state index in [-0.39, 0.29) is 21.7 Å². The van der Waals surface area contributed by atoms with Crippen molar-refractivity contribution in [2.24, 2.45) is 0 Å². The molecule has 0 aliphatic carbocycles. The van der Waals surface area contributed by atoms with Crippen molar-refractivity contribution in [3.8, 4) is 11.5 Å². The van der Waals surface area contributed by atoms with Crippen LogP contribution in [0, 0.1) is 0 Å². The molecule has 0 fully saturated rings. The molecule has 2 aromatic rings. The molecule has 0 spiro atoms. The number of anilines is 1. The molecule has 40 heavy (non-hydrogen) atoms. The Kier molecular flexibility index (Phi) is 11.9. The third-order valence-electron chi connectivity index (χ3n) is 7.15. The molecule has 0 aromatic heterocycles. The number of hydrogen-bond donors (Lipinski definition) is 2. The minimum Gasteiger partial charge on any atom is -0.507 e. The molecule has 0 unspecified atom stereocenters. The fourth-order valence-corrected chi connectivity index (χ4v) is 4.50. The second kappa shape index (κ2) is 13.2. The number of benzene rings is 2. The summed E-state index contributed by atoms with van der Waals surface area (Å²) in [6.07, 6.45) is 0. The highest BCUT2D eigenvalue weighted by atomic mass is 16.3. The van der Waals surface area contributed by atoms with Gasteiger partial charge in [-0.2, -0.15) is 0 Å². The summed E-state index contributed by atoms with van der Waals surface area (Å²) < 4.78 is 0. The second-order valence-corrected chi connectivity index (χ2v) is 15.7. The highest BCUT2D eigenvalue weighted by Gasteiger charge is 2.29. The van der Waals surface area contributed by atoms with E-state index in [2.05, 4.69) is 131 Å². The van der Waals surface area contributed by atoms with Crippen LogP contribution in [0.4, 0.5) is 5.69 Å². The SMILES string of the molecule is CN(C)CCN(Cc1cc(C(C)(C)C)cc(C(C)(C)C)c1O)c1cc(C(C)(C)C)cc(C(C)(C)C)c1O.C[B]C. The van der Waals surface area contributed by atoms with Gasteiger partial charge in [-0.15, -0.1) is 0 Å². The molecule has 2 rings (SSSR count). The Balaban J connectivity index is 0.00000254. The molecule has 0 amide bonds. The molecule has 5 heteroatoms. The predicted molar refractivity (Wildman–Crippen MR) is 178 cm³/mol. The average Bonchev–Trinajstić information content (AvgIpc) is 2.75. The molecule has 0 aliphatic rings. The van der Waals surface area contributed by atoms with Crippen molar-refractivity contribution < 1.29 is 10.2 Å². The van der Waals surface area contributed by atoms with Crippen LogP contribution in [0.5, 0.6) is 11.5 Å². The van der Waals surface area contributed by atoms with E-state index >= 15 is 0 Å². The van der Waals surface area contributed by atoms with Crippen LogP contribution in [-0.4, -0.2) is 49.6 Å². The number of hydrogen-bond acceptors (Lipinski definition) is 4. The van der Waals surface area contributed by atoms with Crippen LogP contribution >= 0.6 is 0 Å². The van der Waals surface area contributed by atoms with E-state index in [1.807, 2.05) is 20.9 Å². The van der Waals surface area contributed by atoms with E-state index < -0.39 is 0 Å². The third-order valence-corrected chi connectivity index (χ3v) is 7.15. The number of phenols is 2. The largest absolute Gasteiger partial charge is 0.507 e. The molecule has 1 radical (unpaired) electrons. The Morgan fingerprint density at radius 2 is 1.00 bits per heavy atom. The van der Waals surface area contributed by atoms with Gasteiger partial charge in [-0.1, -0.05) is 109 Å². The Labute approximate surface area is 248 Å². The first-order valence-corrected chi connectivity index (χ1v) is 14.8. The summed E-state index contributed by atoms with van der Waals surface area (Å²) >= 11 is 0. The molecule has 2 aromatic carbocycles. The molecular weight excluding hydrogens is 491 g/mol. The maximum Gasteiger partial charge on any atom is 0.142 e. The zero-order valence-electron chi connectivity index (χ0n) is 28.8. The number of phenolic OH excluding ortho intramolecular Hbond substituents is 2. The molecule has 225 valence electrons. The topological polar surface area (TPSA) is 46.9 Å². The van der Waals surface area contributed by atoms with Gasteiger partial charge in [-0.3, -0.25) is 0 Å². The standard InChI is InChI=1S/C33H54N2O2.C2H6B/c1-30(2,3)23-17-22(28(36)25(18-23)32(7,8)9)21-35(16-15-34(13)14)27-20-24(31(4,5)6)19-26(29(27)37)33(10,11)12;1-3-2/h17-20,36-37H,15-16,21H2,1-14H3;1-2H3. The van der Waals surface area contributed by atoms with Crippen molar-refractivity contribution in [1.29, 1.82) is 0 Å². The quantitative estimate of drug-likeness (QED) is 0.353. The zero-order chi connectivity index (χ0) is 31.4. The highest BCUT2D eigenvalue weighted by Crippen LogP contribution is 2.44. The maximum absolute atomic E-state index is 11.6. The van der Waals surface area contributed by atoms with E-state index in [1.54, 1.807) is 0 Å². The Morgan fingerprint density at radius 1 is 0.600 bits per heavy atom. The molecule has 0 saturated heterocycles. The van der Waals surface area contributed by atoms with Crippen LogP contribution in [0.25, 0.3) is 0 Å². The third kappa shape index (κ3) is 9.75. The number of rotatable bonds is 6. The van der Waals surface area contributed by atoms with E-state index in [0.717, 1.165) is 35.5 Å². The van der Waals surface area contributed by atoms with Crippen LogP contribution in [0.1, 0.15) is 111 Å². The minimum absolute atomic E-state index is 0.0510. The van der Waals surface area contributed by atoms with Gasteiger partial charge in [-0.25, -0.2) is 0 Å². The average molecular weight is 552 g/mol. The molecule has 0 heterocycles. The molecular formula is C35H60BN2O2. The van der Waals surface area contributed by atoms with E-state index in [0.29, 0.717) is 18.0 Å². The van der Waals surface area contributed by atoms with Crippen molar-refractivity contribution in [3.05, 3.63) is 52.1 Å². The smallest absolute Gasteiger partial charge is 0.142 e. The Morgan fingerprint density at radius 3 is 1.38 bits per heavy atom.